The summed E-state index contributed by atoms with van der Waals surface area (Å²) in [4.78, 5) is 2.19. The number of halogens is 4. The first-order valence-corrected chi connectivity index (χ1v) is 5.94. The van der Waals surface area contributed by atoms with Crippen molar-refractivity contribution in [2.24, 2.45) is 5.73 Å². The summed E-state index contributed by atoms with van der Waals surface area (Å²) in [5.74, 6) is -0.478. The second-order valence-corrected chi connectivity index (χ2v) is 4.87. The fourth-order valence-electron chi connectivity index (χ4n) is 1.94. The SMILES string of the molecule is Cl.N[C@@H]1CCN(Cc2ccc(F)c(Cl)c2Cl)C1. The zero-order valence-corrected chi connectivity index (χ0v) is 11.5. The van der Waals surface area contributed by atoms with Gasteiger partial charge in [-0.1, -0.05) is 29.3 Å². The van der Waals surface area contributed by atoms with Crippen molar-refractivity contribution in [3.63, 3.8) is 0 Å². The van der Waals surface area contributed by atoms with Crippen LogP contribution in [0.2, 0.25) is 10.0 Å². The molecule has 1 aliphatic rings. The fourth-order valence-corrected chi connectivity index (χ4v) is 2.33. The van der Waals surface area contributed by atoms with E-state index < -0.39 is 5.82 Å². The molecule has 96 valence electrons. The van der Waals surface area contributed by atoms with Gasteiger partial charge in [0.2, 0.25) is 0 Å². The molecule has 0 aliphatic carbocycles. The van der Waals surface area contributed by atoms with Gasteiger partial charge in [0, 0.05) is 25.7 Å². The number of hydrogen-bond donors (Lipinski definition) is 1. The Morgan fingerprint density at radius 3 is 2.65 bits per heavy atom. The highest BCUT2D eigenvalue weighted by molar-refractivity contribution is 6.42. The molecule has 6 heteroatoms. The van der Waals surface area contributed by atoms with Crippen molar-refractivity contribution in [2.45, 2.75) is 19.0 Å². The van der Waals surface area contributed by atoms with Crippen LogP contribution < -0.4 is 5.73 Å². The third-order valence-corrected chi connectivity index (χ3v) is 3.72. The standard InChI is InChI=1S/C11H13Cl2FN2.ClH/c12-10-7(1-2-9(14)11(10)13)5-16-4-3-8(15)6-16;/h1-2,8H,3-6,15H2;1H/t8-;/m1./s1. The first-order chi connectivity index (χ1) is 7.58. The smallest absolute Gasteiger partial charge is 0.143 e. The maximum atomic E-state index is 13.1. The van der Waals surface area contributed by atoms with E-state index in [4.69, 9.17) is 28.9 Å². The largest absolute Gasteiger partial charge is 0.326 e. The highest BCUT2D eigenvalue weighted by Gasteiger charge is 2.20. The molecule has 0 spiro atoms. The molecule has 1 aromatic rings. The van der Waals surface area contributed by atoms with Crippen molar-refractivity contribution >= 4 is 35.6 Å². The summed E-state index contributed by atoms with van der Waals surface area (Å²) in [6.45, 7) is 2.48. The van der Waals surface area contributed by atoms with E-state index in [1.807, 2.05) is 0 Å². The zero-order valence-electron chi connectivity index (χ0n) is 9.13. The van der Waals surface area contributed by atoms with Crippen LogP contribution in [0, 0.1) is 5.82 Å². The zero-order chi connectivity index (χ0) is 11.7. The second kappa shape index (κ2) is 6.21. The highest BCUT2D eigenvalue weighted by Crippen LogP contribution is 2.29. The van der Waals surface area contributed by atoms with Gasteiger partial charge in [0.1, 0.15) is 5.82 Å². The maximum absolute atomic E-state index is 13.1. The van der Waals surface area contributed by atoms with Crippen molar-refractivity contribution in [3.05, 3.63) is 33.6 Å². The van der Waals surface area contributed by atoms with Crippen molar-refractivity contribution < 1.29 is 4.39 Å². The molecular formula is C11H14Cl3FN2. The number of hydrogen-bond acceptors (Lipinski definition) is 2. The van der Waals surface area contributed by atoms with Crippen LogP contribution in [0.5, 0.6) is 0 Å². The lowest BCUT2D eigenvalue weighted by molar-refractivity contribution is 0.327. The molecule has 0 amide bonds. The maximum Gasteiger partial charge on any atom is 0.143 e. The van der Waals surface area contributed by atoms with Crippen LogP contribution >= 0.6 is 35.6 Å². The van der Waals surface area contributed by atoms with Gasteiger partial charge in [0.15, 0.2) is 0 Å². The molecule has 1 aromatic carbocycles. The molecule has 2 N–H and O–H groups in total. The summed E-state index contributed by atoms with van der Waals surface area (Å²) in [6.07, 6.45) is 0.993. The quantitative estimate of drug-likeness (QED) is 0.850. The second-order valence-electron chi connectivity index (χ2n) is 4.12. The lowest BCUT2D eigenvalue weighted by Crippen LogP contribution is -2.26. The first kappa shape index (κ1) is 15.0. The van der Waals surface area contributed by atoms with Gasteiger partial charge in [0.25, 0.3) is 0 Å². The fraction of sp³-hybridized carbons (Fsp3) is 0.455. The predicted molar refractivity (Wildman–Crippen MR) is 71.5 cm³/mol. The molecule has 1 saturated heterocycles. The van der Waals surface area contributed by atoms with E-state index in [2.05, 4.69) is 4.90 Å². The van der Waals surface area contributed by atoms with E-state index in [0.717, 1.165) is 25.1 Å². The number of rotatable bonds is 2. The summed E-state index contributed by atoms with van der Waals surface area (Å²) in [5, 5.41) is 0.310. The molecule has 0 radical (unpaired) electrons. The number of likely N-dealkylation sites (tertiary alicyclic amines) is 1. The van der Waals surface area contributed by atoms with Crippen LogP contribution in [-0.4, -0.2) is 24.0 Å². The van der Waals surface area contributed by atoms with Crippen LogP contribution in [0.3, 0.4) is 0 Å². The molecule has 1 aliphatic heterocycles. The Morgan fingerprint density at radius 1 is 1.35 bits per heavy atom. The minimum Gasteiger partial charge on any atom is -0.326 e. The van der Waals surface area contributed by atoms with Gasteiger partial charge in [-0.25, -0.2) is 4.39 Å². The minimum atomic E-state index is -0.478. The Bertz CT molecular complexity index is 401. The molecule has 0 saturated carbocycles. The molecule has 0 aromatic heterocycles. The summed E-state index contributed by atoms with van der Waals surface area (Å²) in [5.41, 5.74) is 6.66. The van der Waals surface area contributed by atoms with E-state index in [-0.39, 0.29) is 23.5 Å². The Balaban J connectivity index is 0.00000144. The minimum absolute atomic E-state index is 0. The average molecular weight is 300 g/mol. The predicted octanol–water partition coefficient (Wildman–Crippen LogP) is 3.09. The van der Waals surface area contributed by atoms with E-state index in [1.54, 1.807) is 6.07 Å². The van der Waals surface area contributed by atoms with Crippen molar-refractivity contribution in [1.82, 2.24) is 4.90 Å². The van der Waals surface area contributed by atoms with Crippen LogP contribution in [0.1, 0.15) is 12.0 Å². The number of nitrogens with zero attached hydrogens (tertiary/aromatic N) is 1. The Kier molecular flexibility index (Phi) is 5.48. The van der Waals surface area contributed by atoms with E-state index >= 15 is 0 Å². The Morgan fingerprint density at radius 2 is 2.06 bits per heavy atom. The van der Waals surface area contributed by atoms with Crippen LogP contribution in [0.15, 0.2) is 12.1 Å². The lowest BCUT2D eigenvalue weighted by atomic mass is 10.2. The molecule has 2 nitrogen and oxygen atoms in total. The summed E-state index contributed by atoms with van der Waals surface area (Å²) in [7, 11) is 0. The van der Waals surface area contributed by atoms with Gasteiger partial charge in [-0.15, -0.1) is 12.4 Å². The van der Waals surface area contributed by atoms with Gasteiger partial charge >= 0.3 is 0 Å². The van der Waals surface area contributed by atoms with Crippen LogP contribution in [-0.2, 0) is 6.54 Å². The van der Waals surface area contributed by atoms with Gasteiger partial charge in [-0.05, 0) is 18.1 Å². The highest BCUT2D eigenvalue weighted by atomic mass is 35.5. The van der Waals surface area contributed by atoms with E-state index in [0.29, 0.717) is 11.6 Å². The number of nitrogens with two attached hydrogens (primary N) is 1. The molecule has 1 fully saturated rings. The monoisotopic (exact) mass is 298 g/mol. The molecular weight excluding hydrogens is 285 g/mol. The third kappa shape index (κ3) is 3.46. The summed E-state index contributed by atoms with van der Waals surface area (Å²) >= 11 is 11.7. The lowest BCUT2D eigenvalue weighted by Gasteiger charge is -2.16. The molecule has 17 heavy (non-hydrogen) atoms. The molecule has 0 unspecified atom stereocenters. The van der Waals surface area contributed by atoms with Gasteiger partial charge in [-0.3, -0.25) is 4.90 Å². The van der Waals surface area contributed by atoms with Crippen molar-refractivity contribution in [2.75, 3.05) is 13.1 Å². The molecule has 1 atom stereocenters. The van der Waals surface area contributed by atoms with Gasteiger partial charge in [-0.2, -0.15) is 0 Å². The molecule has 2 rings (SSSR count). The molecule has 0 bridgehead atoms. The molecule has 1 heterocycles. The van der Waals surface area contributed by atoms with Crippen LogP contribution in [0.25, 0.3) is 0 Å². The number of benzene rings is 1. The Hall–Kier alpha value is -0.0600. The Labute approximate surface area is 116 Å². The van der Waals surface area contributed by atoms with E-state index in [9.17, 15) is 4.39 Å². The summed E-state index contributed by atoms with van der Waals surface area (Å²) < 4.78 is 13.1. The third-order valence-electron chi connectivity index (χ3n) is 2.82. The van der Waals surface area contributed by atoms with Gasteiger partial charge < -0.3 is 5.73 Å². The average Bonchev–Trinajstić information content (AvgIpc) is 2.65. The first-order valence-electron chi connectivity index (χ1n) is 5.18. The van der Waals surface area contributed by atoms with Crippen molar-refractivity contribution in [1.29, 1.82) is 0 Å². The van der Waals surface area contributed by atoms with Crippen LogP contribution in [0.4, 0.5) is 4.39 Å². The van der Waals surface area contributed by atoms with E-state index in [1.165, 1.54) is 6.07 Å². The topological polar surface area (TPSA) is 29.3 Å². The normalized spacial score (nSPS) is 20.4. The summed E-state index contributed by atoms with van der Waals surface area (Å²) in [6, 6.07) is 3.25. The van der Waals surface area contributed by atoms with Crippen molar-refractivity contribution in [3.8, 4) is 0 Å². The van der Waals surface area contributed by atoms with Gasteiger partial charge in [0.05, 0.1) is 10.0 Å².